The molecular formula is C17H10Cl2N4O. The van der Waals surface area contributed by atoms with E-state index in [9.17, 15) is 4.79 Å². The summed E-state index contributed by atoms with van der Waals surface area (Å²) in [6.07, 6.45) is 1.36. The minimum atomic E-state index is -0.367. The third-order valence-electron chi connectivity index (χ3n) is 3.69. The molecule has 118 valence electrons. The van der Waals surface area contributed by atoms with Crippen LogP contribution in [0.25, 0.3) is 28.0 Å². The molecule has 0 amide bonds. The molecule has 4 aromatic rings. The molecule has 5 nitrogen and oxygen atoms in total. The Kier molecular flexibility index (Phi) is 3.59. The van der Waals surface area contributed by atoms with Gasteiger partial charge in [0.1, 0.15) is 5.69 Å². The van der Waals surface area contributed by atoms with Gasteiger partial charge in [0, 0.05) is 10.6 Å². The number of hydrogen-bond acceptors (Lipinski definition) is 3. The Hall–Kier alpha value is -2.63. The van der Waals surface area contributed by atoms with E-state index in [0.29, 0.717) is 21.4 Å². The van der Waals surface area contributed by atoms with Gasteiger partial charge < -0.3 is 0 Å². The van der Waals surface area contributed by atoms with E-state index in [1.165, 1.54) is 10.8 Å². The van der Waals surface area contributed by atoms with Crippen LogP contribution >= 0.6 is 23.2 Å². The number of halogens is 2. The SMILES string of the molecule is O=c1[nH]cnc2c(-c3ccc(Cl)cc3)c(-c3ccccc3Cl)nn12. The number of fused-ring (bicyclic) bond motifs is 1. The number of nitrogens with one attached hydrogen (secondary N) is 1. The average Bonchev–Trinajstić information content (AvgIpc) is 2.97. The van der Waals surface area contributed by atoms with Crippen molar-refractivity contribution in [1.82, 2.24) is 19.6 Å². The van der Waals surface area contributed by atoms with Gasteiger partial charge in [-0.1, -0.05) is 53.5 Å². The van der Waals surface area contributed by atoms with E-state index in [-0.39, 0.29) is 5.69 Å². The molecule has 0 aliphatic rings. The summed E-state index contributed by atoms with van der Waals surface area (Å²) in [6.45, 7) is 0. The first kappa shape index (κ1) is 14.9. The zero-order chi connectivity index (χ0) is 16.7. The fourth-order valence-electron chi connectivity index (χ4n) is 2.60. The van der Waals surface area contributed by atoms with Crippen molar-refractivity contribution < 1.29 is 0 Å². The maximum Gasteiger partial charge on any atom is 0.349 e. The lowest BCUT2D eigenvalue weighted by molar-refractivity contribution is 0.843. The fraction of sp³-hybridized carbons (Fsp3) is 0. The molecule has 24 heavy (non-hydrogen) atoms. The Bertz CT molecular complexity index is 1100. The number of rotatable bonds is 2. The normalized spacial score (nSPS) is 11.1. The lowest BCUT2D eigenvalue weighted by Gasteiger charge is -2.05. The van der Waals surface area contributed by atoms with Gasteiger partial charge in [-0.05, 0) is 23.8 Å². The van der Waals surface area contributed by atoms with Gasteiger partial charge in [0.25, 0.3) is 0 Å². The molecule has 0 bridgehead atoms. The van der Waals surface area contributed by atoms with Crippen molar-refractivity contribution in [3.05, 3.63) is 75.4 Å². The van der Waals surface area contributed by atoms with Gasteiger partial charge >= 0.3 is 5.69 Å². The standard InChI is InChI=1S/C17H10Cl2N4O/c18-11-7-5-10(6-8-11)14-15(12-3-1-2-4-13(12)19)22-23-16(14)20-9-21-17(23)24/h1-9H,(H,20,21,24). The molecule has 2 aromatic carbocycles. The van der Waals surface area contributed by atoms with Crippen LogP contribution in [0.15, 0.2) is 59.7 Å². The van der Waals surface area contributed by atoms with Crippen LogP contribution < -0.4 is 5.69 Å². The summed E-state index contributed by atoms with van der Waals surface area (Å²) in [4.78, 5) is 18.9. The van der Waals surface area contributed by atoms with Crippen LogP contribution in [0.4, 0.5) is 0 Å². The van der Waals surface area contributed by atoms with Crippen LogP contribution in [-0.4, -0.2) is 19.6 Å². The van der Waals surface area contributed by atoms with Crippen molar-refractivity contribution in [3.8, 4) is 22.4 Å². The highest BCUT2D eigenvalue weighted by molar-refractivity contribution is 6.33. The molecule has 1 N–H and O–H groups in total. The van der Waals surface area contributed by atoms with Gasteiger partial charge in [0.15, 0.2) is 5.65 Å². The van der Waals surface area contributed by atoms with Crippen molar-refractivity contribution in [1.29, 1.82) is 0 Å². The first-order valence-electron chi connectivity index (χ1n) is 7.12. The minimum Gasteiger partial charge on any atom is -0.296 e. The van der Waals surface area contributed by atoms with Crippen LogP contribution in [0.5, 0.6) is 0 Å². The Morgan fingerprint density at radius 3 is 2.50 bits per heavy atom. The molecule has 0 spiro atoms. The highest BCUT2D eigenvalue weighted by Gasteiger charge is 2.20. The van der Waals surface area contributed by atoms with Crippen molar-refractivity contribution in [3.63, 3.8) is 0 Å². The molecule has 4 rings (SSSR count). The molecule has 0 saturated heterocycles. The Morgan fingerprint density at radius 2 is 1.75 bits per heavy atom. The van der Waals surface area contributed by atoms with Gasteiger partial charge in [0.2, 0.25) is 0 Å². The molecule has 2 heterocycles. The molecule has 0 aliphatic carbocycles. The summed E-state index contributed by atoms with van der Waals surface area (Å²) in [5.41, 5.74) is 2.99. The number of H-pyrrole nitrogens is 1. The molecule has 0 saturated carbocycles. The lowest BCUT2D eigenvalue weighted by Crippen LogP contribution is -2.17. The van der Waals surface area contributed by atoms with Crippen LogP contribution in [0.2, 0.25) is 10.0 Å². The van der Waals surface area contributed by atoms with Crippen molar-refractivity contribution >= 4 is 28.8 Å². The smallest absolute Gasteiger partial charge is 0.296 e. The van der Waals surface area contributed by atoms with Crippen molar-refractivity contribution in [2.45, 2.75) is 0 Å². The number of benzene rings is 2. The summed E-state index contributed by atoms with van der Waals surface area (Å²) in [5.74, 6) is 0. The fourth-order valence-corrected chi connectivity index (χ4v) is 2.96. The van der Waals surface area contributed by atoms with Gasteiger partial charge in [-0.2, -0.15) is 9.61 Å². The lowest BCUT2D eigenvalue weighted by atomic mass is 10.0. The highest BCUT2D eigenvalue weighted by Crippen LogP contribution is 2.37. The second-order valence-electron chi connectivity index (χ2n) is 5.15. The maximum absolute atomic E-state index is 12.1. The van der Waals surface area contributed by atoms with Crippen molar-refractivity contribution in [2.75, 3.05) is 0 Å². The van der Waals surface area contributed by atoms with E-state index in [4.69, 9.17) is 23.2 Å². The third kappa shape index (κ3) is 2.38. The number of aromatic nitrogens is 4. The van der Waals surface area contributed by atoms with E-state index in [2.05, 4.69) is 15.1 Å². The van der Waals surface area contributed by atoms with E-state index in [1.807, 2.05) is 30.3 Å². The monoisotopic (exact) mass is 356 g/mol. The number of aromatic amines is 1. The molecule has 0 unspecified atom stereocenters. The first-order valence-corrected chi connectivity index (χ1v) is 7.88. The summed E-state index contributed by atoms with van der Waals surface area (Å²) >= 11 is 12.3. The van der Waals surface area contributed by atoms with Gasteiger partial charge in [0.05, 0.1) is 16.9 Å². The van der Waals surface area contributed by atoms with E-state index in [1.54, 1.807) is 18.2 Å². The second kappa shape index (κ2) is 5.78. The number of hydrogen-bond donors (Lipinski definition) is 1. The first-order chi connectivity index (χ1) is 11.6. The predicted molar refractivity (Wildman–Crippen MR) is 94.5 cm³/mol. The van der Waals surface area contributed by atoms with Crippen LogP contribution in [0, 0.1) is 0 Å². The largest absolute Gasteiger partial charge is 0.349 e. The second-order valence-corrected chi connectivity index (χ2v) is 6.00. The van der Waals surface area contributed by atoms with Gasteiger partial charge in [-0.25, -0.2) is 9.78 Å². The average molecular weight is 357 g/mol. The zero-order valence-electron chi connectivity index (χ0n) is 12.2. The Labute approximate surface area is 146 Å². The molecular weight excluding hydrogens is 347 g/mol. The zero-order valence-corrected chi connectivity index (χ0v) is 13.7. The molecule has 2 aromatic heterocycles. The topological polar surface area (TPSA) is 63.0 Å². The maximum atomic E-state index is 12.1. The Balaban J connectivity index is 2.12. The van der Waals surface area contributed by atoms with E-state index < -0.39 is 0 Å². The summed E-state index contributed by atoms with van der Waals surface area (Å²) in [5, 5.41) is 5.61. The molecule has 0 radical (unpaired) electrons. The third-order valence-corrected chi connectivity index (χ3v) is 4.27. The van der Waals surface area contributed by atoms with E-state index >= 15 is 0 Å². The minimum absolute atomic E-state index is 0.367. The summed E-state index contributed by atoms with van der Waals surface area (Å²) < 4.78 is 1.24. The van der Waals surface area contributed by atoms with Gasteiger partial charge in [-0.3, -0.25) is 4.98 Å². The van der Waals surface area contributed by atoms with E-state index in [0.717, 1.165) is 16.7 Å². The van der Waals surface area contributed by atoms with Crippen LogP contribution in [0.3, 0.4) is 0 Å². The van der Waals surface area contributed by atoms with Crippen LogP contribution in [0.1, 0.15) is 0 Å². The molecule has 0 aliphatic heterocycles. The van der Waals surface area contributed by atoms with Gasteiger partial charge in [-0.15, -0.1) is 0 Å². The molecule has 7 heteroatoms. The predicted octanol–water partition coefficient (Wildman–Crippen LogP) is 4.06. The molecule has 0 atom stereocenters. The summed E-state index contributed by atoms with van der Waals surface area (Å²) in [6, 6.07) is 14.6. The van der Waals surface area contributed by atoms with Crippen LogP contribution in [-0.2, 0) is 0 Å². The molecule has 0 fully saturated rings. The number of nitrogens with zero attached hydrogens (tertiary/aromatic N) is 3. The van der Waals surface area contributed by atoms with Crippen molar-refractivity contribution in [2.24, 2.45) is 0 Å². The summed E-state index contributed by atoms with van der Waals surface area (Å²) in [7, 11) is 0. The Morgan fingerprint density at radius 1 is 1.00 bits per heavy atom. The highest BCUT2D eigenvalue weighted by atomic mass is 35.5. The quantitative estimate of drug-likeness (QED) is 0.589.